The van der Waals surface area contributed by atoms with Crippen molar-refractivity contribution < 1.29 is 14.5 Å². The third-order valence-corrected chi connectivity index (χ3v) is 4.70. The normalized spacial score (nSPS) is 14.9. The van der Waals surface area contributed by atoms with Crippen LogP contribution in [0.2, 0.25) is 0 Å². The van der Waals surface area contributed by atoms with Gasteiger partial charge >= 0.3 is 0 Å². The summed E-state index contributed by atoms with van der Waals surface area (Å²) in [5, 5.41) is 10.7. The molecule has 0 atom stereocenters. The van der Waals surface area contributed by atoms with E-state index in [0.717, 1.165) is 5.56 Å². The maximum absolute atomic E-state index is 12.4. The van der Waals surface area contributed by atoms with Crippen LogP contribution in [-0.4, -0.2) is 77.3 Å². The summed E-state index contributed by atoms with van der Waals surface area (Å²) in [4.78, 5) is 40.5. The van der Waals surface area contributed by atoms with Crippen LogP contribution < -0.4 is 0 Å². The maximum atomic E-state index is 12.4. The van der Waals surface area contributed by atoms with Crippen LogP contribution in [0.1, 0.15) is 19.4 Å². The molecule has 1 aromatic carbocycles. The van der Waals surface area contributed by atoms with E-state index >= 15 is 0 Å². The Morgan fingerprint density at radius 2 is 1.65 bits per heavy atom. The van der Waals surface area contributed by atoms with Gasteiger partial charge < -0.3 is 9.80 Å². The lowest BCUT2D eigenvalue weighted by Crippen LogP contribution is -2.51. The second-order valence-corrected chi connectivity index (χ2v) is 6.32. The summed E-state index contributed by atoms with van der Waals surface area (Å²) in [7, 11) is 0. The highest BCUT2D eigenvalue weighted by atomic mass is 16.6. The van der Waals surface area contributed by atoms with Crippen LogP contribution in [0, 0.1) is 10.1 Å². The fourth-order valence-corrected chi connectivity index (χ4v) is 3.04. The topological polar surface area (TPSA) is 87.0 Å². The van der Waals surface area contributed by atoms with Gasteiger partial charge in [-0.05, 0) is 19.4 Å². The van der Waals surface area contributed by atoms with Crippen molar-refractivity contribution in [1.29, 1.82) is 0 Å². The Labute approximate surface area is 153 Å². The van der Waals surface area contributed by atoms with Gasteiger partial charge in [0.05, 0.1) is 17.9 Å². The van der Waals surface area contributed by atoms with Crippen LogP contribution in [0.3, 0.4) is 0 Å². The average Bonchev–Trinajstić information content (AvgIpc) is 2.63. The van der Waals surface area contributed by atoms with Gasteiger partial charge in [-0.3, -0.25) is 24.6 Å². The van der Waals surface area contributed by atoms with Gasteiger partial charge in [0.1, 0.15) is 0 Å². The molecular formula is C18H26N4O4. The number of piperazine rings is 1. The van der Waals surface area contributed by atoms with Crippen molar-refractivity contribution in [3.05, 3.63) is 39.9 Å². The first-order valence-corrected chi connectivity index (χ1v) is 8.95. The monoisotopic (exact) mass is 362 g/mol. The zero-order valence-electron chi connectivity index (χ0n) is 15.4. The predicted molar refractivity (Wildman–Crippen MR) is 97.7 cm³/mol. The van der Waals surface area contributed by atoms with Gasteiger partial charge in [0.25, 0.3) is 5.69 Å². The Hall–Kier alpha value is -2.48. The molecule has 1 aliphatic heterocycles. The minimum absolute atomic E-state index is 0.00794. The molecule has 1 aromatic rings. The van der Waals surface area contributed by atoms with Gasteiger partial charge in [0.15, 0.2) is 0 Å². The predicted octanol–water partition coefficient (Wildman–Crippen LogP) is 1.15. The Morgan fingerprint density at radius 3 is 2.15 bits per heavy atom. The lowest BCUT2D eigenvalue weighted by Gasteiger charge is -2.35. The summed E-state index contributed by atoms with van der Waals surface area (Å²) in [6, 6.07) is 6.07. The number of rotatable bonds is 7. The number of nitrogens with zero attached hydrogens (tertiary/aromatic N) is 4. The van der Waals surface area contributed by atoms with Gasteiger partial charge in [0.2, 0.25) is 11.8 Å². The van der Waals surface area contributed by atoms with Crippen LogP contribution in [-0.2, 0) is 16.0 Å². The third-order valence-electron chi connectivity index (χ3n) is 4.70. The molecule has 1 saturated heterocycles. The summed E-state index contributed by atoms with van der Waals surface area (Å²) in [6.07, 6.45) is 0.233. The largest absolute Gasteiger partial charge is 0.342 e. The first-order chi connectivity index (χ1) is 12.4. The van der Waals surface area contributed by atoms with Crippen LogP contribution in [0.4, 0.5) is 5.69 Å². The number of carbonyl (C=O) groups is 2. The van der Waals surface area contributed by atoms with E-state index in [0.29, 0.717) is 45.8 Å². The van der Waals surface area contributed by atoms with Crippen molar-refractivity contribution in [2.24, 2.45) is 0 Å². The number of benzene rings is 1. The van der Waals surface area contributed by atoms with Crippen molar-refractivity contribution in [3.8, 4) is 0 Å². The van der Waals surface area contributed by atoms with Crippen LogP contribution >= 0.6 is 0 Å². The number of amides is 2. The molecule has 0 aliphatic carbocycles. The van der Waals surface area contributed by atoms with E-state index in [1.54, 1.807) is 17.0 Å². The molecule has 0 bridgehead atoms. The van der Waals surface area contributed by atoms with Crippen molar-refractivity contribution in [2.75, 3.05) is 45.8 Å². The molecule has 0 saturated carbocycles. The number of likely N-dealkylation sites (N-methyl/N-ethyl adjacent to an activating group) is 1. The first kappa shape index (κ1) is 19.8. The molecule has 0 spiro atoms. The molecule has 142 valence electrons. The van der Waals surface area contributed by atoms with Crippen molar-refractivity contribution >= 4 is 17.5 Å². The fourth-order valence-electron chi connectivity index (χ4n) is 3.04. The lowest BCUT2D eigenvalue weighted by atomic mass is 10.1. The van der Waals surface area contributed by atoms with Gasteiger partial charge in [-0.15, -0.1) is 0 Å². The molecule has 2 rings (SSSR count). The quantitative estimate of drug-likeness (QED) is 0.536. The third kappa shape index (κ3) is 5.26. The molecule has 0 radical (unpaired) electrons. The molecule has 8 nitrogen and oxygen atoms in total. The van der Waals surface area contributed by atoms with Crippen LogP contribution in [0.15, 0.2) is 24.3 Å². The Morgan fingerprint density at radius 1 is 1.08 bits per heavy atom. The van der Waals surface area contributed by atoms with Crippen LogP contribution in [0.5, 0.6) is 0 Å². The maximum Gasteiger partial charge on any atom is 0.269 e. The number of hydrogen-bond acceptors (Lipinski definition) is 5. The molecule has 8 heteroatoms. The van der Waals surface area contributed by atoms with E-state index in [1.165, 1.54) is 12.1 Å². The Bertz CT molecular complexity index is 635. The van der Waals surface area contributed by atoms with E-state index in [-0.39, 0.29) is 23.9 Å². The van der Waals surface area contributed by atoms with Crippen LogP contribution in [0.25, 0.3) is 0 Å². The highest BCUT2D eigenvalue weighted by molar-refractivity contribution is 5.79. The van der Waals surface area contributed by atoms with E-state index in [1.807, 2.05) is 18.7 Å². The SMILES string of the molecule is CCN(CC)C(=O)CN1CCN(C(=O)Cc2ccc([N+](=O)[O-])cc2)CC1. The van der Waals surface area contributed by atoms with Gasteiger partial charge in [0, 0.05) is 51.4 Å². The molecule has 0 N–H and O–H groups in total. The highest BCUT2D eigenvalue weighted by Gasteiger charge is 2.23. The van der Waals surface area contributed by atoms with Crippen molar-refractivity contribution in [2.45, 2.75) is 20.3 Å². The summed E-state index contributed by atoms with van der Waals surface area (Å²) in [5.74, 6) is 0.134. The van der Waals surface area contributed by atoms with E-state index < -0.39 is 4.92 Å². The number of hydrogen-bond donors (Lipinski definition) is 0. The average molecular weight is 362 g/mol. The molecule has 1 heterocycles. The minimum Gasteiger partial charge on any atom is -0.342 e. The van der Waals surface area contributed by atoms with Gasteiger partial charge in [-0.2, -0.15) is 0 Å². The lowest BCUT2D eigenvalue weighted by molar-refractivity contribution is -0.384. The number of nitro groups is 1. The van der Waals surface area contributed by atoms with Crippen molar-refractivity contribution in [1.82, 2.24) is 14.7 Å². The second-order valence-electron chi connectivity index (χ2n) is 6.32. The van der Waals surface area contributed by atoms with Gasteiger partial charge in [-0.25, -0.2) is 0 Å². The standard InChI is InChI=1S/C18H26N4O4/c1-3-20(4-2)18(24)14-19-9-11-21(12-10-19)17(23)13-15-5-7-16(8-6-15)22(25)26/h5-8H,3-4,9-14H2,1-2H3. The molecule has 0 aromatic heterocycles. The highest BCUT2D eigenvalue weighted by Crippen LogP contribution is 2.13. The second kappa shape index (κ2) is 9.28. The van der Waals surface area contributed by atoms with Crippen molar-refractivity contribution in [3.63, 3.8) is 0 Å². The summed E-state index contributed by atoms with van der Waals surface area (Å²) in [6.45, 7) is 8.30. The number of nitro benzene ring substituents is 1. The molecule has 1 aliphatic rings. The van der Waals surface area contributed by atoms with E-state index in [4.69, 9.17) is 0 Å². The van der Waals surface area contributed by atoms with E-state index in [2.05, 4.69) is 4.90 Å². The molecular weight excluding hydrogens is 336 g/mol. The summed E-state index contributed by atoms with van der Waals surface area (Å²) in [5.41, 5.74) is 0.785. The smallest absolute Gasteiger partial charge is 0.269 e. The summed E-state index contributed by atoms with van der Waals surface area (Å²) < 4.78 is 0. The zero-order chi connectivity index (χ0) is 19.1. The van der Waals surface area contributed by atoms with E-state index in [9.17, 15) is 19.7 Å². The number of carbonyl (C=O) groups excluding carboxylic acids is 2. The first-order valence-electron chi connectivity index (χ1n) is 8.95. The molecule has 26 heavy (non-hydrogen) atoms. The van der Waals surface area contributed by atoms with Gasteiger partial charge in [-0.1, -0.05) is 12.1 Å². The Kier molecular flexibility index (Phi) is 7.08. The number of non-ortho nitro benzene ring substituents is 1. The fraction of sp³-hybridized carbons (Fsp3) is 0.556. The Balaban J connectivity index is 1.80. The molecule has 1 fully saturated rings. The molecule has 2 amide bonds. The molecule has 0 unspecified atom stereocenters. The minimum atomic E-state index is -0.454. The summed E-state index contributed by atoms with van der Waals surface area (Å²) >= 11 is 0. The zero-order valence-corrected chi connectivity index (χ0v) is 15.4.